The zero-order chi connectivity index (χ0) is 18.6. The van der Waals surface area contributed by atoms with Crippen molar-refractivity contribution in [2.45, 2.75) is 45.8 Å². The predicted octanol–water partition coefficient (Wildman–Crippen LogP) is 4.08. The number of guanidine groups is 1. The maximum absolute atomic E-state index is 5.66. The number of hydrogen-bond donors (Lipinski definition) is 2. The van der Waals surface area contributed by atoms with Gasteiger partial charge in [0.25, 0.3) is 0 Å². The van der Waals surface area contributed by atoms with Gasteiger partial charge in [0.15, 0.2) is 11.7 Å². The summed E-state index contributed by atoms with van der Waals surface area (Å²) in [4.78, 5) is 4.21. The summed E-state index contributed by atoms with van der Waals surface area (Å²) in [6.07, 6.45) is 2.14. The maximum atomic E-state index is 5.66. The first-order chi connectivity index (χ1) is 12.8. The van der Waals surface area contributed by atoms with E-state index in [1.807, 2.05) is 24.3 Å². The minimum atomic E-state index is 0. The fourth-order valence-electron chi connectivity index (χ4n) is 2.71. The highest BCUT2D eigenvalue weighted by Gasteiger charge is 2.13. The summed E-state index contributed by atoms with van der Waals surface area (Å²) in [6, 6.07) is 12.2. The zero-order valence-corrected chi connectivity index (χ0v) is 18.7. The molecule has 1 aromatic carbocycles. The Morgan fingerprint density at radius 3 is 2.59 bits per heavy atom. The highest BCUT2D eigenvalue weighted by atomic mass is 127. The van der Waals surface area contributed by atoms with Crippen molar-refractivity contribution in [2.24, 2.45) is 4.99 Å². The van der Waals surface area contributed by atoms with Gasteiger partial charge in [-0.1, -0.05) is 49.3 Å². The van der Waals surface area contributed by atoms with Crippen LogP contribution in [0.15, 0.2) is 45.9 Å². The van der Waals surface area contributed by atoms with E-state index >= 15 is 0 Å². The molecule has 7 heteroatoms. The molecule has 2 rings (SSSR count). The predicted molar refractivity (Wildman–Crippen MR) is 120 cm³/mol. The molecule has 27 heavy (non-hydrogen) atoms. The molecule has 0 spiro atoms. The second-order valence-electron chi connectivity index (χ2n) is 6.12. The van der Waals surface area contributed by atoms with Gasteiger partial charge in [0, 0.05) is 25.6 Å². The molecule has 150 valence electrons. The van der Waals surface area contributed by atoms with Gasteiger partial charge in [-0.25, -0.2) is 0 Å². The highest BCUT2D eigenvalue weighted by Crippen LogP contribution is 2.22. The van der Waals surface area contributed by atoms with Crippen molar-refractivity contribution in [1.82, 2.24) is 15.8 Å². The van der Waals surface area contributed by atoms with Gasteiger partial charge in [-0.05, 0) is 18.4 Å². The minimum Gasteiger partial charge on any atom is -0.375 e. The third kappa shape index (κ3) is 8.30. The lowest BCUT2D eigenvalue weighted by Gasteiger charge is -2.11. The van der Waals surface area contributed by atoms with E-state index < -0.39 is 0 Å². The lowest BCUT2D eigenvalue weighted by Crippen LogP contribution is -2.38. The lowest BCUT2D eigenvalue weighted by atomic mass is 9.99. The number of aromatic nitrogens is 1. The third-order valence-electron chi connectivity index (χ3n) is 4.29. The monoisotopic (exact) mass is 486 g/mol. The lowest BCUT2D eigenvalue weighted by molar-refractivity contribution is 0.125. The Balaban J connectivity index is 0.00000364. The molecule has 1 heterocycles. The van der Waals surface area contributed by atoms with Gasteiger partial charge in [-0.15, -0.1) is 24.0 Å². The van der Waals surface area contributed by atoms with Crippen LogP contribution in [0.2, 0.25) is 0 Å². The molecule has 0 atom stereocenters. The van der Waals surface area contributed by atoms with E-state index in [1.54, 1.807) is 7.05 Å². The normalized spacial score (nSPS) is 11.3. The summed E-state index contributed by atoms with van der Waals surface area (Å²) in [6.45, 7) is 6.81. The summed E-state index contributed by atoms with van der Waals surface area (Å²) in [5.41, 5.74) is 2.21. The van der Waals surface area contributed by atoms with Crippen LogP contribution in [0.3, 0.4) is 0 Å². The van der Waals surface area contributed by atoms with Crippen LogP contribution in [0.4, 0.5) is 0 Å². The molecule has 0 fully saturated rings. The van der Waals surface area contributed by atoms with Crippen molar-refractivity contribution in [2.75, 3.05) is 20.2 Å². The summed E-state index contributed by atoms with van der Waals surface area (Å²) in [5, 5.41) is 10.6. The molecule has 6 nitrogen and oxygen atoms in total. The van der Waals surface area contributed by atoms with E-state index in [1.165, 1.54) is 5.56 Å². The number of halogens is 1. The summed E-state index contributed by atoms with van der Waals surface area (Å²) >= 11 is 0. The Labute approximate surface area is 179 Å². The molecule has 0 saturated heterocycles. The second kappa shape index (κ2) is 13.5. The molecule has 0 aliphatic heterocycles. The van der Waals surface area contributed by atoms with Gasteiger partial charge < -0.3 is 19.9 Å². The Bertz CT molecular complexity index is 657. The molecule has 2 aromatic rings. The fourth-order valence-corrected chi connectivity index (χ4v) is 2.71. The molecule has 0 unspecified atom stereocenters. The van der Waals surface area contributed by atoms with Gasteiger partial charge in [0.1, 0.15) is 0 Å². The van der Waals surface area contributed by atoms with Gasteiger partial charge in [-0.3, -0.25) is 4.99 Å². The first-order valence-electron chi connectivity index (χ1n) is 9.28. The molecule has 2 N–H and O–H groups in total. The number of nitrogens with one attached hydrogen (secondary N) is 2. The Morgan fingerprint density at radius 2 is 1.93 bits per heavy atom. The van der Waals surface area contributed by atoms with Crippen LogP contribution in [0.25, 0.3) is 0 Å². The summed E-state index contributed by atoms with van der Waals surface area (Å²) in [5.74, 6) is 2.00. The largest absolute Gasteiger partial charge is 0.375 e. The summed E-state index contributed by atoms with van der Waals surface area (Å²) in [7, 11) is 1.75. The quantitative estimate of drug-likeness (QED) is 0.229. The average Bonchev–Trinajstić information content (AvgIpc) is 3.14. The standard InChI is InChI=1S/C20H30N4O2.HI/c1-4-17(5-2)19-13-18(26-24-19)14-23-20(21-3)22-11-12-25-15-16-9-7-6-8-10-16;/h6-10,13,17H,4-5,11-12,14-15H2,1-3H3,(H2,21,22,23);1H. The van der Waals surface area contributed by atoms with E-state index in [-0.39, 0.29) is 24.0 Å². The molecule has 0 saturated carbocycles. The number of rotatable bonds is 10. The van der Waals surface area contributed by atoms with Gasteiger partial charge in [0.05, 0.1) is 25.5 Å². The Hall–Kier alpha value is -1.61. The first kappa shape index (κ1) is 23.4. The van der Waals surface area contributed by atoms with Gasteiger partial charge in [-0.2, -0.15) is 0 Å². The van der Waals surface area contributed by atoms with E-state index in [0.29, 0.717) is 38.2 Å². The van der Waals surface area contributed by atoms with Crippen molar-refractivity contribution in [3.8, 4) is 0 Å². The number of aliphatic imine (C=N–C) groups is 1. The Kier molecular flexibility index (Phi) is 11.8. The van der Waals surface area contributed by atoms with Crippen LogP contribution in [0.5, 0.6) is 0 Å². The number of benzene rings is 1. The van der Waals surface area contributed by atoms with E-state index in [9.17, 15) is 0 Å². The second-order valence-corrected chi connectivity index (χ2v) is 6.12. The van der Waals surface area contributed by atoms with E-state index in [4.69, 9.17) is 9.26 Å². The van der Waals surface area contributed by atoms with Crippen LogP contribution in [0, 0.1) is 0 Å². The number of hydrogen-bond acceptors (Lipinski definition) is 4. The van der Waals surface area contributed by atoms with Crippen molar-refractivity contribution in [3.63, 3.8) is 0 Å². The fraction of sp³-hybridized carbons (Fsp3) is 0.500. The van der Waals surface area contributed by atoms with Crippen LogP contribution in [-0.4, -0.2) is 31.3 Å². The SMILES string of the molecule is CCC(CC)c1cc(CNC(=NC)NCCOCc2ccccc2)on1.I. The maximum Gasteiger partial charge on any atom is 0.191 e. The average molecular weight is 486 g/mol. The van der Waals surface area contributed by atoms with E-state index in [2.05, 4.69) is 46.8 Å². The Morgan fingerprint density at radius 1 is 1.19 bits per heavy atom. The van der Waals surface area contributed by atoms with Crippen LogP contribution in [0.1, 0.15) is 49.6 Å². The molecule has 0 bridgehead atoms. The first-order valence-corrected chi connectivity index (χ1v) is 9.28. The highest BCUT2D eigenvalue weighted by molar-refractivity contribution is 14.0. The zero-order valence-electron chi connectivity index (χ0n) is 16.4. The third-order valence-corrected chi connectivity index (χ3v) is 4.29. The van der Waals surface area contributed by atoms with Gasteiger partial charge >= 0.3 is 0 Å². The van der Waals surface area contributed by atoms with Gasteiger partial charge in [0.2, 0.25) is 0 Å². The van der Waals surface area contributed by atoms with Crippen LogP contribution < -0.4 is 10.6 Å². The summed E-state index contributed by atoms with van der Waals surface area (Å²) < 4.78 is 11.1. The van der Waals surface area contributed by atoms with Crippen molar-refractivity contribution in [1.29, 1.82) is 0 Å². The molecular formula is C20H31IN4O2. The number of ether oxygens (including phenoxy) is 1. The minimum absolute atomic E-state index is 0. The molecular weight excluding hydrogens is 455 g/mol. The van der Waals surface area contributed by atoms with Crippen LogP contribution in [-0.2, 0) is 17.9 Å². The molecule has 0 aliphatic rings. The van der Waals surface area contributed by atoms with Crippen molar-refractivity contribution >= 4 is 29.9 Å². The molecule has 1 aromatic heterocycles. The van der Waals surface area contributed by atoms with Crippen LogP contribution >= 0.6 is 24.0 Å². The molecule has 0 aliphatic carbocycles. The molecule has 0 amide bonds. The van der Waals surface area contributed by atoms with E-state index in [0.717, 1.165) is 24.3 Å². The van der Waals surface area contributed by atoms with Crippen molar-refractivity contribution in [3.05, 3.63) is 53.4 Å². The number of nitrogens with zero attached hydrogens (tertiary/aromatic N) is 2. The van der Waals surface area contributed by atoms with Crippen molar-refractivity contribution < 1.29 is 9.26 Å². The topological polar surface area (TPSA) is 71.7 Å². The molecule has 0 radical (unpaired) electrons. The smallest absolute Gasteiger partial charge is 0.191 e.